The molecule has 0 amide bonds. The van der Waals surface area contributed by atoms with E-state index in [1.807, 2.05) is 12.2 Å². The first-order valence-electron chi connectivity index (χ1n) is 4.47. The first-order valence-corrected chi connectivity index (χ1v) is 5.41. The van der Waals surface area contributed by atoms with Crippen LogP contribution in [0, 0.1) is 0 Å². The van der Waals surface area contributed by atoms with Gasteiger partial charge in [-0.3, -0.25) is 14.3 Å². The number of aliphatic hydroxyl groups is 1. The van der Waals surface area contributed by atoms with Gasteiger partial charge in [-0.05, 0) is 0 Å². The summed E-state index contributed by atoms with van der Waals surface area (Å²) in [5.74, 6) is 0. The zero-order valence-corrected chi connectivity index (χ0v) is 8.61. The van der Waals surface area contributed by atoms with Crippen molar-refractivity contribution in [2.75, 3.05) is 6.61 Å². The lowest BCUT2D eigenvalue weighted by Crippen LogP contribution is -2.29. The van der Waals surface area contributed by atoms with Crippen molar-refractivity contribution in [2.45, 2.75) is 10.6 Å². The van der Waals surface area contributed by atoms with Gasteiger partial charge < -0.3 is 5.11 Å². The van der Waals surface area contributed by atoms with Crippen LogP contribution in [0.3, 0.4) is 0 Å². The van der Waals surface area contributed by atoms with Crippen molar-refractivity contribution in [3.05, 3.63) is 45.3 Å². The zero-order chi connectivity index (χ0) is 10.8. The topological polar surface area (TPSA) is 75.1 Å². The van der Waals surface area contributed by atoms with Crippen molar-refractivity contribution in [3.63, 3.8) is 0 Å². The fourth-order valence-corrected chi connectivity index (χ4v) is 2.48. The average molecular weight is 226 g/mol. The van der Waals surface area contributed by atoms with E-state index in [1.54, 1.807) is 0 Å². The summed E-state index contributed by atoms with van der Waals surface area (Å²) in [7, 11) is 0. The van der Waals surface area contributed by atoms with Gasteiger partial charge in [-0.25, -0.2) is 4.79 Å². The SMILES string of the molecule is O=c1ccn([C@H]2C=C[C@@H](CO)S2)c(=O)[nH]1. The molecule has 2 atom stereocenters. The molecule has 2 N–H and O–H groups in total. The van der Waals surface area contributed by atoms with Crippen molar-refractivity contribution in [1.29, 1.82) is 0 Å². The van der Waals surface area contributed by atoms with Crippen LogP contribution in [0.15, 0.2) is 34.0 Å². The Morgan fingerprint density at radius 3 is 2.87 bits per heavy atom. The van der Waals surface area contributed by atoms with E-state index in [0.29, 0.717) is 0 Å². The smallest absolute Gasteiger partial charge is 0.329 e. The Morgan fingerprint density at radius 2 is 2.27 bits per heavy atom. The van der Waals surface area contributed by atoms with Crippen molar-refractivity contribution in [3.8, 4) is 0 Å². The van der Waals surface area contributed by atoms with Crippen LogP contribution in [0.4, 0.5) is 0 Å². The number of H-pyrrole nitrogens is 1. The third-order valence-electron chi connectivity index (χ3n) is 2.11. The van der Waals surface area contributed by atoms with Crippen LogP contribution in [-0.2, 0) is 0 Å². The molecule has 0 unspecified atom stereocenters. The summed E-state index contributed by atoms with van der Waals surface area (Å²) in [6.07, 6.45) is 5.15. The molecule has 0 saturated heterocycles. The lowest BCUT2D eigenvalue weighted by Gasteiger charge is -2.12. The van der Waals surface area contributed by atoms with Crippen molar-refractivity contribution in [1.82, 2.24) is 9.55 Å². The van der Waals surface area contributed by atoms with E-state index in [4.69, 9.17) is 5.11 Å². The summed E-state index contributed by atoms with van der Waals surface area (Å²) in [5.41, 5.74) is -0.829. The average Bonchev–Trinajstić information content (AvgIpc) is 2.66. The molecule has 0 bridgehead atoms. The van der Waals surface area contributed by atoms with Gasteiger partial charge in [0.15, 0.2) is 0 Å². The second kappa shape index (κ2) is 4.08. The molecule has 2 heterocycles. The van der Waals surface area contributed by atoms with Gasteiger partial charge in [0.25, 0.3) is 5.56 Å². The molecule has 0 spiro atoms. The molecule has 0 fully saturated rings. The van der Waals surface area contributed by atoms with E-state index in [0.717, 1.165) is 0 Å². The van der Waals surface area contributed by atoms with Gasteiger partial charge in [0, 0.05) is 17.5 Å². The normalized spacial score (nSPS) is 24.6. The fraction of sp³-hybridized carbons (Fsp3) is 0.333. The van der Waals surface area contributed by atoms with Crippen molar-refractivity contribution in [2.24, 2.45) is 0 Å². The minimum atomic E-state index is -0.428. The highest BCUT2D eigenvalue weighted by atomic mass is 32.2. The molecule has 0 aliphatic carbocycles. The van der Waals surface area contributed by atoms with Crippen LogP contribution in [0.2, 0.25) is 0 Å². The molecule has 2 rings (SSSR count). The summed E-state index contributed by atoms with van der Waals surface area (Å²) in [5, 5.41) is 8.80. The monoisotopic (exact) mass is 226 g/mol. The summed E-state index contributed by atoms with van der Waals surface area (Å²) in [6.45, 7) is 0.0514. The van der Waals surface area contributed by atoms with Gasteiger partial charge in [0.1, 0.15) is 5.37 Å². The number of hydrogen-bond acceptors (Lipinski definition) is 4. The standard InChI is InChI=1S/C9H10N2O3S/c12-5-6-1-2-8(15-6)11-4-3-7(13)10-9(11)14/h1-4,6,8,12H,5H2,(H,10,13,14)/t6-,8+/m0/s1. The Bertz CT molecular complexity index is 491. The Hall–Kier alpha value is -1.27. The molecule has 1 aliphatic heterocycles. The van der Waals surface area contributed by atoms with Gasteiger partial charge in [-0.1, -0.05) is 12.2 Å². The van der Waals surface area contributed by atoms with Gasteiger partial charge >= 0.3 is 5.69 Å². The number of nitrogens with zero attached hydrogens (tertiary/aromatic N) is 1. The third kappa shape index (κ3) is 2.05. The quantitative estimate of drug-likeness (QED) is 0.679. The number of thioether (sulfide) groups is 1. The predicted molar refractivity (Wildman–Crippen MR) is 58.0 cm³/mol. The van der Waals surface area contributed by atoms with E-state index in [1.165, 1.54) is 28.6 Å². The van der Waals surface area contributed by atoms with Crippen molar-refractivity contribution < 1.29 is 5.11 Å². The minimum Gasteiger partial charge on any atom is -0.395 e. The molecular weight excluding hydrogens is 216 g/mol. The Labute approximate surface area is 89.5 Å². The maximum atomic E-state index is 11.4. The van der Waals surface area contributed by atoms with E-state index >= 15 is 0 Å². The molecule has 15 heavy (non-hydrogen) atoms. The number of aromatic amines is 1. The molecule has 5 nitrogen and oxygen atoms in total. The van der Waals surface area contributed by atoms with Crippen LogP contribution in [0.1, 0.15) is 5.37 Å². The van der Waals surface area contributed by atoms with E-state index in [-0.39, 0.29) is 17.2 Å². The van der Waals surface area contributed by atoms with Crippen LogP contribution < -0.4 is 11.2 Å². The van der Waals surface area contributed by atoms with E-state index < -0.39 is 11.2 Å². The maximum Gasteiger partial charge on any atom is 0.329 e. The van der Waals surface area contributed by atoms with Crippen LogP contribution >= 0.6 is 11.8 Å². The van der Waals surface area contributed by atoms with Crippen LogP contribution in [0.25, 0.3) is 0 Å². The highest BCUT2D eigenvalue weighted by molar-refractivity contribution is 8.00. The third-order valence-corrected chi connectivity index (χ3v) is 3.43. The highest BCUT2D eigenvalue weighted by Gasteiger charge is 2.20. The molecular formula is C9H10N2O3S. The number of rotatable bonds is 2. The first-order chi connectivity index (χ1) is 7.20. The number of nitrogens with one attached hydrogen (secondary N) is 1. The van der Waals surface area contributed by atoms with Crippen LogP contribution in [-0.4, -0.2) is 26.5 Å². The summed E-state index contributed by atoms with van der Waals surface area (Å²) >= 11 is 1.46. The molecule has 0 aromatic carbocycles. The lowest BCUT2D eigenvalue weighted by molar-refractivity contribution is 0.307. The molecule has 0 saturated carbocycles. The maximum absolute atomic E-state index is 11.4. The van der Waals surface area contributed by atoms with Gasteiger partial charge in [0.05, 0.1) is 6.61 Å². The number of aromatic nitrogens is 2. The van der Waals surface area contributed by atoms with Crippen LogP contribution in [0.5, 0.6) is 0 Å². The molecule has 1 aliphatic rings. The zero-order valence-electron chi connectivity index (χ0n) is 7.79. The Morgan fingerprint density at radius 1 is 1.47 bits per heavy atom. The predicted octanol–water partition coefficient (Wildman–Crippen LogP) is -0.301. The first kappa shape index (κ1) is 10.3. The largest absolute Gasteiger partial charge is 0.395 e. The molecule has 1 aromatic heterocycles. The molecule has 6 heteroatoms. The minimum absolute atomic E-state index is 0.0221. The van der Waals surface area contributed by atoms with Gasteiger partial charge in [-0.2, -0.15) is 0 Å². The Balaban J connectivity index is 2.29. The molecule has 0 radical (unpaired) electrons. The summed E-state index contributed by atoms with van der Waals surface area (Å²) in [6, 6.07) is 1.31. The highest BCUT2D eigenvalue weighted by Crippen LogP contribution is 2.33. The van der Waals surface area contributed by atoms with E-state index in [9.17, 15) is 9.59 Å². The molecule has 1 aromatic rings. The van der Waals surface area contributed by atoms with Gasteiger partial charge in [0.2, 0.25) is 0 Å². The number of hydrogen-bond donors (Lipinski definition) is 2. The summed E-state index contributed by atoms with van der Waals surface area (Å²) < 4.78 is 1.43. The second-order valence-corrected chi connectivity index (χ2v) is 4.51. The second-order valence-electron chi connectivity index (χ2n) is 3.15. The number of aliphatic hydroxyl groups excluding tert-OH is 1. The lowest BCUT2D eigenvalue weighted by atomic mass is 10.4. The van der Waals surface area contributed by atoms with Gasteiger partial charge in [-0.15, -0.1) is 11.8 Å². The molecule has 80 valence electrons. The fourth-order valence-electron chi connectivity index (χ4n) is 1.38. The van der Waals surface area contributed by atoms with Crippen molar-refractivity contribution >= 4 is 11.8 Å². The Kier molecular flexibility index (Phi) is 2.79. The van der Waals surface area contributed by atoms with E-state index in [2.05, 4.69) is 4.98 Å². The summed E-state index contributed by atoms with van der Waals surface area (Å²) in [4.78, 5) is 24.5.